The van der Waals surface area contributed by atoms with Crippen LogP contribution in [0.3, 0.4) is 0 Å². The summed E-state index contributed by atoms with van der Waals surface area (Å²) in [4.78, 5) is 13.4. The molecule has 1 aromatic rings. The Kier molecular flexibility index (Phi) is 4.76. The molecular weight excluding hydrogens is 224 g/mol. The fourth-order valence-corrected chi connectivity index (χ4v) is 2.60. The van der Waals surface area contributed by atoms with Crippen molar-refractivity contribution in [2.45, 2.75) is 32.6 Å². The number of aryl methyl sites for hydroxylation is 1. The summed E-state index contributed by atoms with van der Waals surface area (Å²) in [5, 5.41) is 3.05. The lowest BCUT2D eigenvalue weighted by molar-refractivity contribution is -0.896. The molecule has 0 aliphatic carbocycles. The van der Waals surface area contributed by atoms with Crippen molar-refractivity contribution >= 4 is 11.6 Å². The third kappa shape index (κ3) is 3.57. The van der Waals surface area contributed by atoms with Crippen molar-refractivity contribution in [2.24, 2.45) is 0 Å². The van der Waals surface area contributed by atoms with E-state index < -0.39 is 0 Å². The quantitative estimate of drug-likeness (QED) is 0.825. The first-order valence-electron chi connectivity index (χ1n) is 7.01. The molecule has 3 heteroatoms. The van der Waals surface area contributed by atoms with E-state index in [1.165, 1.54) is 29.7 Å². The molecule has 2 N–H and O–H groups in total. The number of quaternary nitrogens is 1. The Hall–Kier alpha value is -1.35. The van der Waals surface area contributed by atoms with Gasteiger partial charge in [0, 0.05) is 5.69 Å². The van der Waals surface area contributed by atoms with Crippen LogP contribution >= 0.6 is 0 Å². The highest BCUT2D eigenvalue weighted by atomic mass is 16.2. The van der Waals surface area contributed by atoms with E-state index in [4.69, 9.17) is 0 Å². The fraction of sp³-hybridized carbons (Fsp3) is 0.533. The van der Waals surface area contributed by atoms with Crippen molar-refractivity contribution in [3.05, 3.63) is 29.8 Å². The van der Waals surface area contributed by atoms with Crippen molar-refractivity contribution in [3.8, 4) is 0 Å². The third-order valence-corrected chi connectivity index (χ3v) is 3.64. The zero-order valence-corrected chi connectivity index (χ0v) is 11.2. The molecule has 3 nitrogen and oxygen atoms in total. The average Bonchev–Trinajstić information content (AvgIpc) is 2.40. The predicted octanol–water partition coefficient (Wildman–Crippen LogP) is 1.26. The smallest absolute Gasteiger partial charge is 0.279 e. The van der Waals surface area contributed by atoms with Gasteiger partial charge in [-0.2, -0.15) is 0 Å². The van der Waals surface area contributed by atoms with Gasteiger partial charge in [-0.25, -0.2) is 0 Å². The van der Waals surface area contributed by atoms with E-state index in [2.05, 4.69) is 18.3 Å². The van der Waals surface area contributed by atoms with Gasteiger partial charge in [0.15, 0.2) is 6.54 Å². The summed E-state index contributed by atoms with van der Waals surface area (Å²) in [5.41, 5.74) is 2.18. The standard InChI is InChI=1S/C15H22N2O/c1-2-13-8-4-5-9-14(13)16-15(18)12-17-10-6-3-7-11-17/h4-5,8-9H,2-3,6-7,10-12H2,1H3,(H,16,18)/p+1. The lowest BCUT2D eigenvalue weighted by atomic mass is 10.1. The summed E-state index contributed by atoms with van der Waals surface area (Å²) in [5.74, 6) is 0.146. The largest absolute Gasteiger partial charge is 0.327 e. The minimum atomic E-state index is 0.146. The molecule has 1 aliphatic rings. The van der Waals surface area contributed by atoms with E-state index in [-0.39, 0.29) is 5.91 Å². The molecule has 0 radical (unpaired) electrons. The van der Waals surface area contributed by atoms with Crippen LogP contribution in [-0.4, -0.2) is 25.5 Å². The van der Waals surface area contributed by atoms with Gasteiger partial charge in [0.25, 0.3) is 5.91 Å². The fourth-order valence-electron chi connectivity index (χ4n) is 2.60. The van der Waals surface area contributed by atoms with E-state index in [0.29, 0.717) is 6.54 Å². The van der Waals surface area contributed by atoms with Crippen molar-refractivity contribution in [3.63, 3.8) is 0 Å². The highest BCUT2D eigenvalue weighted by Gasteiger charge is 2.17. The summed E-state index contributed by atoms with van der Waals surface area (Å²) < 4.78 is 0. The first kappa shape index (κ1) is 13.1. The molecule has 0 bridgehead atoms. The zero-order chi connectivity index (χ0) is 12.8. The Bertz CT molecular complexity index is 397. The van der Waals surface area contributed by atoms with Crippen molar-refractivity contribution in [1.82, 2.24) is 0 Å². The molecule has 1 aliphatic heterocycles. The number of anilines is 1. The van der Waals surface area contributed by atoms with Crippen molar-refractivity contribution in [2.75, 3.05) is 25.0 Å². The Morgan fingerprint density at radius 3 is 2.67 bits per heavy atom. The normalized spacial score (nSPS) is 16.5. The Morgan fingerprint density at radius 1 is 1.22 bits per heavy atom. The van der Waals surface area contributed by atoms with Crippen LogP contribution < -0.4 is 10.2 Å². The monoisotopic (exact) mass is 247 g/mol. The number of carbonyl (C=O) groups excluding carboxylic acids is 1. The summed E-state index contributed by atoms with van der Waals surface area (Å²) in [6, 6.07) is 8.05. The SMILES string of the molecule is CCc1ccccc1NC(=O)C[NH+]1CCCCC1. The molecule has 0 saturated carbocycles. The van der Waals surface area contributed by atoms with Crippen LogP contribution in [0.15, 0.2) is 24.3 Å². The van der Waals surface area contributed by atoms with Crippen LogP contribution in [0.2, 0.25) is 0 Å². The maximum atomic E-state index is 12.0. The second kappa shape index (κ2) is 6.55. The minimum Gasteiger partial charge on any atom is -0.327 e. The molecule has 0 aromatic heterocycles. The molecule has 1 fully saturated rings. The van der Waals surface area contributed by atoms with Gasteiger partial charge in [-0.15, -0.1) is 0 Å². The van der Waals surface area contributed by atoms with Gasteiger partial charge >= 0.3 is 0 Å². The van der Waals surface area contributed by atoms with Crippen LogP contribution in [0.25, 0.3) is 0 Å². The number of rotatable bonds is 4. The third-order valence-electron chi connectivity index (χ3n) is 3.64. The van der Waals surface area contributed by atoms with E-state index >= 15 is 0 Å². The number of carbonyl (C=O) groups is 1. The molecule has 0 spiro atoms. The van der Waals surface area contributed by atoms with Crippen LogP contribution in [0.1, 0.15) is 31.7 Å². The van der Waals surface area contributed by atoms with E-state index in [0.717, 1.165) is 25.2 Å². The van der Waals surface area contributed by atoms with Crippen molar-refractivity contribution in [1.29, 1.82) is 0 Å². The highest BCUT2D eigenvalue weighted by molar-refractivity contribution is 5.92. The van der Waals surface area contributed by atoms with Crippen molar-refractivity contribution < 1.29 is 9.69 Å². The minimum absolute atomic E-state index is 0.146. The molecule has 0 atom stereocenters. The Balaban J connectivity index is 1.90. The number of amides is 1. The van der Waals surface area contributed by atoms with Gasteiger partial charge in [0.2, 0.25) is 0 Å². The summed E-state index contributed by atoms with van der Waals surface area (Å²) in [6.07, 6.45) is 4.79. The molecular formula is C15H23N2O+. The van der Waals surface area contributed by atoms with Gasteiger partial charge in [0.1, 0.15) is 0 Å². The second-order valence-corrected chi connectivity index (χ2v) is 5.05. The molecule has 1 heterocycles. The lowest BCUT2D eigenvalue weighted by Crippen LogP contribution is -3.13. The average molecular weight is 247 g/mol. The predicted molar refractivity (Wildman–Crippen MR) is 73.9 cm³/mol. The molecule has 2 rings (SSSR count). The number of para-hydroxylation sites is 1. The van der Waals surface area contributed by atoms with Gasteiger partial charge in [-0.3, -0.25) is 4.79 Å². The Morgan fingerprint density at radius 2 is 1.94 bits per heavy atom. The van der Waals surface area contributed by atoms with E-state index in [9.17, 15) is 4.79 Å². The van der Waals surface area contributed by atoms with Gasteiger partial charge < -0.3 is 10.2 Å². The van der Waals surface area contributed by atoms with Crippen LogP contribution in [-0.2, 0) is 11.2 Å². The number of hydrogen-bond acceptors (Lipinski definition) is 1. The molecule has 0 unspecified atom stereocenters. The number of hydrogen-bond donors (Lipinski definition) is 2. The zero-order valence-electron chi connectivity index (χ0n) is 11.2. The number of piperidine rings is 1. The summed E-state index contributed by atoms with van der Waals surface area (Å²) in [7, 11) is 0. The highest BCUT2D eigenvalue weighted by Crippen LogP contribution is 2.14. The molecule has 98 valence electrons. The molecule has 18 heavy (non-hydrogen) atoms. The maximum Gasteiger partial charge on any atom is 0.279 e. The summed E-state index contributed by atoms with van der Waals surface area (Å²) in [6.45, 7) is 5.00. The van der Waals surface area contributed by atoms with Gasteiger partial charge in [-0.05, 0) is 37.3 Å². The van der Waals surface area contributed by atoms with E-state index in [1.54, 1.807) is 0 Å². The lowest BCUT2D eigenvalue weighted by Gasteiger charge is -2.23. The molecule has 1 aromatic carbocycles. The molecule has 1 saturated heterocycles. The first-order valence-corrected chi connectivity index (χ1v) is 7.01. The molecule has 1 amide bonds. The second-order valence-electron chi connectivity index (χ2n) is 5.05. The van der Waals surface area contributed by atoms with Crippen LogP contribution in [0, 0.1) is 0 Å². The first-order chi connectivity index (χ1) is 8.79. The number of nitrogens with one attached hydrogen (secondary N) is 2. The van der Waals surface area contributed by atoms with Gasteiger partial charge in [-0.1, -0.05) is 25.1 Å². The topological polar surface area (TPSA) is 33.5 Å². The van der Waals surface area contributed by atoms with E-state index in [1.807, 2.05) is 18.2 Å². The van der Waals surface area contributed by atoms with Crippen LogP contribution in [0.4, 0.5) is 5.69 Å². The summed E-state index contributed by atoms with van der Waals surface area (Å²) >= 11 is 0. The number of likely N-dealkylation sites (tertiary alicyclic amines) is 1. The Labute approximate surface area is 109 Å². The van der Waals surface area contributed by atoms with Gasteiger partial charge in [0.05, 0.1) is 13.1 Å². The maximum absolute atomic E-state index is 12.0. The van der Waals surface area contributed by atoms with Crippen LogP contribution in [0.5, 0.6) is 0 Å². The number of benzene rings is 1.